The SMILES string of the molecule is CN(Cc1cc(C2CC2)n[nH]1)c1nc(-c2ccccc2)nc2c1CCNC2. The summed E-state index contributed by atoms with van der Waals surface area (Å²) in [5, 5.41) is 11.1. The molecule has 0 radical (unpaired) electrons. The topological polar surface area (TPSA) is 69.7 Å². The Labute approximate surface area is 159 Å². The molecule has 1 aromatic carbocycles. The van der Waals surface area contributed by atoms with Crippen molar-refractivity contribution in [3.63, 3.8) is 0 Å². The predicted molar refractivity (Wildman–Crippen MR) is 106 cm³/mol. The molecule has 0 amide bonds. The summed E-state index contributed by atoms with van der Waals surface area (Å²) in [6.07, 6.45) is 3.50. The Kier molecular flexibility index (Phi) is 4.13. The molecule has 1 aliphatic heterocycles. The molecule has 0 saturated heterocycles. The van der Waals surface area contributed by atoms with Crippen LogP contribution >= 0.6 is 0 Å². The molecule has 0 atom stereocenters. The van der Waals surface area contributed by atoms with Crippen LogP contribution in [0.3, 0.4) is 0 Å². The maximum absolute atomic E-state index is 4.96. The molecule has 1 fully saturated rings. The number of hydrogen-bond acceptors (Lipinski definition) is 5. The van der Waals surface area contributed by atoms with Crippen LogP contribution in [-0.2, 0) is 19.5 Å². The van der Waals surface area contributed by atoms with Crippen LogP contribution in [0.4, 0.5) is 5.82 Å². The number of anilines is 1. The van der Waals surface area contributed by atoms with E-state index in [1.807, 2.05) is 18.2 Å². The highest BCUT2D eigenvalue weighted by Gasteiger charge is 2.26. The van der Waals surface area contributed by atoms with E-state index in [0.29, 0.717) is 5.92 Å². The Hall–Kier alpha value is -2.73. The predicted octanol–water partition coefficient (Wildman–Crippen LogP) is 3.03. The minimum atomic E-state index is 0.669. The van der Waals surface area contributed by atoms with Crippen molar-refractivity contribution in [1.82, 2.24) is 25.5 Å². The summed E-state index contributed by atoms with van der Waals surface area (Å²) in [7, 11) is 2.11. The van der Waals surface area contributed by atoms with Crippen molar-refractivity contribution in [1.29, 1.82) is 0 Å². The lowest BCUT2D eigenvalue weighted by molar-refractivity contribution is 0.621. The van der Waals surface area contributed by atoms with E-state index in [9.17, 15) is 0 Å². The molecule has 138 valence electrons. The maximum atomic E-state index is 4.96. The second-order valence-corrected chi connectivity index (χ2v) is 7.54. The van der Waals surface area contributed by atoms with Crippen molar-refractivity contribution >= 4 is 5.82 Å². The average Bonchev–Trinajstić information content (AvgIpc) is 3.47. The third-order valence-electron chi connectivity index (χ3n) is 5.36. The lowest BCUT2D eigenvalue weighted by Gasteiger charge is -2.25. The number of aromatic nitrogens is 4. The fraction of sp³-hybridized carbons (Fsp3) is 0.381. The highest BCUT2D eigenvalue weighted by atomic mass is 15.2. The van der Waals surface area contributed by atoms with Gasteiger partial charge in [0, 0.05) is 30.6 Å². The van der Waals surface area contributed by atoms with Crippen molar-refractivity contribution in [2.24, 2.45) is 0 Å². The van der Waals surface area contributed by atoms with Crippen LogP contribution in [-0.4, -0.2) is 33.8 Å². The first-order valence-corrected chi connectivity index (χ1v) is 9.69. The van der Waals surface area contributed by atoms with Crippen molar-refractivity contribution < 1.29 is 0 Å². The van der Waals surface area contributed by atoms with Gasteiger partial charge in [0.1, 0.15) is 5.82 Å². The molecular weight excluding hydrogens is 336 g/mol. The van der Waals surface area contributed by atoms with Crippen molar-refractivity contribution in [3.05, 3.63) is 59.0 Å². The molecule has 1 aliphatic carbocycles. The number of nitrogens with one attached hydrogen (secondary N) is 2. The smallest absolute Gasteiger partial charge is 0.161 e. The molecule has 3 aromatic rings. The molecule has 0 bridgehead atoms. The normalized spacial score (nSPS) is 16.2. The maximum Gasteiger partial charge on any atom is 0.161 e. The van der Waals surface area contributed by atoms with E-state index >= 15 is 0 Å². The van der Waals surface area contributed by atoms with E-state index in [-0.39, 0.29) is 0 Å². The second-order valence-electron chi connectivity index (χ2n) is 7.54. The highest BCUT2D eigenvalue weighted by Crippen LogP contribution is 2.39. The molecule has 6 nitrogen and oxygen atoms in total. The van der Waals surface area contributed by atoms with E-state index in [4.69, 9.17) is 9.97 Å². The summed E-state index contributed by atoms with van der Waals surface area (Å²) in [5.74, 6) is 2.49. The van der Waals surface area contributed by atoms with Gasteiger partial charge in [-0.3, -0.25) is 5.10 Å². The Morgan fingerprint density at radius 1 is 1.15 bits per heavy atom. The molecule has 27 heavy (non-hydrogen) atoms. The number of hydrogen-bond donors (Lipinski definition) is 2. The van der Waals surface area contributed by atoms with Gasteiger partial charge in [0.15, 0.2) is 5.82 Å². The van der Waals surface area contributed by atoms with Crippen LogP contribution in [0.1, 0.15) is 41.4 Å². The standard InChI is InChI=1S/C21H24N6/c1-27(13-16-11-18(26-25-16)14-7-8-14)21-17-9-10-22-12-19(17)23-20(24-21)15-5-3-2-4-6-15/h2-6,11,14,22H,7-10,12-13H2,1H3,(H,25,26). The van der Waals surface area contributed by atoms with E-state index in [0.717, 1.165) is 54.6 Å². The van der Waals surface area contributed by atoms with Crippen LogP contribution in [0.2, 0.25) is 0 Å². The number of H-pyrrole nitrogens is 1. The third kappa shape index (κ3) is 3.32. The van der Waals surface area contributed by atoms with Gasteiger partial charge in [-0.25, -0.2) is 9.97 Å². The zero-order valence-electron chi connectivity index (χ0n) is 15.6. The Balaban J connectivity index is 1.49. The summed E-state index contributed by atoms with van der Waals surface area (Å²) in [5.41, 5.74) is 5.77. The molecule has 2 aromatic heterocycles. The van der Waals surface area contributed by atoms with Crippen molar-refractivity contribution in [2.45, 2.75) is 38.3 Å². The molecule has 2 N–H and O–H groups in total. The van der Waals surface area contributed by atoms with Gasteiger partial charge in [0.2, 0.25) is 0 Å². The fourth-order valence-electron chi connectivity index (χ4n) is 3.75. The number of aromatic amines is 1. The number of nitrogens with zero attached hydrogens (tertiary/aromatic N) is 4. The monoisotopic (exact) mass is 360 g/mol. The summed E-state index contributed by atoms with van der Waals surface area (Å²) in [6.45, 7) is 2.54. The molecule has 0 unspecified atom stereocenters. The molecule has 0 spiro atoms. The Morgan fingerprint density at radius 2 is 2.00 bits per heavy atom. The van der Waals surface area contributed by atoms with E-state index in [1.54, 1.807) is 0 Å². The summed E-state index contributed by atoms with van der Waals surface area (Å²) in [6, 6.07) is 12.4. The van der Waals surface area contributed by atoms with Crippen LogP contribution < -0.4 is 10.2 Å². The fourth-order valence-corrected chi connectivity index (χ4v) is 3.75. The summed E-state index contributed by atoms with van der Waals surface area (Å²) >= 11 is 0. The first kappa shape index (κ1) is 16.4. The van der Waals surface area contributed by atoms with Gasteiger partial charge in [0.05, 0.1) is 23.6 Å². The molecule has 2 aliphatic rings. The van der Waals surface area contributed by atoms with Gasteiger partial charge in [-0.15, -0.1) is 0 Å². The average molecular weight is 360 g/mol. The van der Waals surface area contributed by atoms with Crippen LogP contribution in [0, 0.1) is 0 Å². The molecule has 3 heterocycles. The Morgan fingerprint density at radius 3 is 2.81 bits per heavy atom. The molecule has 5 rings (SSSR count). The second kappa shape index (κ2) is 6.78. The first-order chi connectivity index (χ1) is 13.3. The minimum absolute atomic E-state index is 0.669. The highest BCUT2D eigenvalue weighted by molar-refractivity contribution is 5.61. The lowest BCUT2D eigenvalue weighted by Crippen LogP contribution is -2.29. The van der Waals surface area contributed by atoms with Gasteiger partial charge in [-0.2, -0.15) is 5.10 Å². The number of benzene rings is 1. The summed E-state index contributed by atoms with van der Waals surface area (Å²) in [4.78, 5) is 12.0. The van der Waals surface area contributed by atoms with Crippen LogP contribution in [0.15, 0.2) is 36.4 Å². The first-order valence-electron chi connectivity index (χ1n) is 9.69. The minimum Gasteiger partial charge on any atom is -0.353 e. The third-order valence-corrected chi connectivity index (χ3v) is 5.36. The lowest BCUT2D eigenvalue weighted by atomic mass is 10.1. The number of rotatable bonds is 5. The van der Waals surface area contributed by atoms with Crippen LogP contribution in [0.5, 0.6) is 0 Å². The zero-order valence-corrected chi connectivity index (χ0v) is 15.6. The van der Waals surface area contributed by atoms with Crippen molar-refractivity contribution in [3.8, 4) is 11.4 Å². The van der Waals surface area contributed by atoms with Crippen LogP contribution in [0.25, 0.3) is 11.4 Å². The van der Waals surface area contributed by atoms with Crippen molar-refractivity contribution in [2.75, 3.05) is 18.5 Å². The van der Waals surface area contributed by atoms with Gasteiger partial charge in [0.25, 0.3) is 0 Å². The zero-order chi connectivity index (χ0) is 18.2. The van der Waals surface area contributed by atoms with E-state index < -0.39 is 0 Å². The summed E-state index contributed by atoms with van der Waals surface area (Å²) < 4.78 is 0. The largest absolute Gasteiger partial charge is 0.353 e. The van der Waals surface area contributed by atoms with Gasteiger partial charge in [-0.1, -0.05) is 30.3 Å². The van der Waals surface area contributed by atoms with E-state index in [2.05, 4.69) is 45.7 Å². The van der Waals surface area contributed by atoms with Gasteiger partial charge < -0.3 is 10.2 Å². The Bertz CT molecular complexity index is 945. The molecule has 6 heteroatoms. The van der Waals surface area contributed by atoms with Gasteiger partial charge in [-0.05, 0) is 31.9 Å². The molecule has 1 saturated carbocycles. The number of fused-ring (bicyclic) bond motifs is 1. The quantitative estimate of drug-likeness (QED) is 0.732. The van der Waals surface area contributed by atoms with E-state index in [1.165, 1.54) is 24.1 Å². The molecular formula is C21H24N6. The van der Waals surface area contributed by atoms with Gasteiger partial charge >= 0.3 is 0 Å².